The van der Waals surface area contributed by atoms with Crippen LogP contribution in [-0.4, -0.2) is 26.2 Å². The van der Waals surface area contributed by atoms with Gasteiger partial charge in [-0.1, -0.05) is 25.7 Å². The van der Waals surface area contributed by atoms with Gasteiger partial charge in [0.2, 0.25) is 0 Å². The Bertz CT molecular complexity index is 170. The molecule has 0 aromatic heterocycles. The summed E-state index contributed by atoms with van der Waals surface area (Å²) in [4.78, 5) is 8.79. The van der Waals surface area contributed by atoms with E-state index in [2.05, 4.69) is 19.6 Å². The van der Waals surface area contributed by atoms with Gasteiger partial charge in [-0.05, 0) is 6.42 Å². The van der Waals surface area contributed by atoms with Crippen LogP contribution in [0.2, 0.25) is 25.7 Å². The normalized spacial score (nSPS) is 17.4. The van der Waals surface area contributed by atoms with Gasteiger partial charge in [0.05, 0.1) is 6.61 Å². The Kier molecular flexibility index (Phi) is 4.70. The molecule has 0 spiro atoms. The molecule has 0 fully saturated rings. The molecule has 0 rings (SSSR count). The molecule has 3 nitrogen and oxygen atoms in total. The van der Waals surface area contributed by atoms with E-state index in [1.807, 2.05) is 0 Å². The Morgan fingerprint density at radius 2 is 1.92 bits per heavy atom. The highest BCUT2D eigenvalue weighted by Crippen LogP contribution is 2.36. The topological polar surface area (TPSA) is 46.5 Å². The molecule has 1 unspecified atom stereocenters. The summed E-state index contributed by atoms with van der Waals surface area (Å²) in [7, 11) is -4.24. The highest BCUT2D eigenvalue weighted by Gasteiger charge is 2.14. The SMILES string of the molecule is C[Si](C)(C)CCCOP(C)(=O)O. The first-order valence-corrected chi connectivity index (χ1v) is 9.89. The maximum atomic E-state index is 10.7. The molecule has 0 heterocycles. The third kappa shape index (κ3) is 10.4. The van der Waals surface area contributed by atoms with Crippen molar-refractivity contribution < 1.29 is 14.0 Å². The highest BCUT2D eigenvalue weighted by atomic mass is 31.2. The summed E-state index contributed by atoms with van der Waals surface area (Å²) in [5.74, 6) is 0. The quantitative estimate of drug-likeness (QED) is 0.431. The lowest BCUT2D eigenvalue weighted by atomic mass is 10.5. The van der Waals surface area contributed by atoms with E-state index < -0.39 is 15.7 Å². The van der Waals surface area contributed by atoms with Crippen LogP contribution in [0.25, 0.3) is 0 Å². The van der Waals surface area contributed by atoms with Crippen LogP contribution in [0.3, 0.4) is 0 Å². The van der Waals surface area contributed by atoms with Gasteiger partial charge in [0.1, 0.15) is 0 Å². The van der Waals surface area contributed by atoms with E-state index in [1.165, 1.54) is 6.66 Å². The molecule has 0 saturated carbocycles. The van der Waals surface area contributed by atoms with Crippen molar-refractivity contribution in [3.63, 3.8) is 0 Å². The van der Waals surface area contributed by atoms with Crippen LogP contribution >= 0.6 is 7.60 Å². The van der Waals surface area contributed by atoms with Gasteiger partial charge in [-0.25, -0.2) is 0 Å². The first-order valence-electron chi connectivity index (χ1n) is 4.15. The van der Waals surface area contributed by atoms with Crippen LogP contribution < -0.4 is 0 Å². The fourth-order valence-electron chi connectivity index (χ4n) is 0.836. The lowest BCUT2D eigenvalue weighted by Crippen LogP contribution is -2.19. The van der Waals surface area contributed by atoms with Crippen LogP contribution in [0, 0.1) is 0 Å². The van der Waals surface area contributed by atoms with Crippen molar-refractivity contribution in [1.82, 2.24) is 0 Å². The summed E-state index contributed by atoms with van der Waals surface area (Å²) >= 11 is 0. The fraction of sp³-hybridized carbons (Fsp3) is 1.00. The molecular weight excluding hydrogens is 191 g/mol. The summed E-state index contributed by atoms with van der Waals surface area (Å²) in [5.41, 5.74) is 0. The minimum absolute atomic E-state index is 0.411. The zero-order valence-electron chi connectivity index (χ0n) is 8.33. The van der Waals surface area contributed by atoms with Gasteiger partial charge < -0.3 is 9.42 Å². The molecule has 0 amide bonds. The van der Waals surface area contributed by atoms with Crippen molar-refractivity contribution in [2.75, 3.05) is 13.3 Å². The largest absolute Gasteiger partial charge is 0.325 e. The van der Waals surface area contributed by atoms with E-state index in [4.69, 9.17) is 9.42 Å². The Morgan fingerprint density at radius 3 is 2.25 bits per heavy atom. The van der Waals surface area contributed by atoms with Crippen molar-refractivity contribution in [2.45, 2.75) is 32.1 Å². The molecule has 1 N–H and O–H groups in total. The number of hydrogen-bond donors (Lipinski definition) is 1. The van der Waals surface area contributed by atoms with E-state index in [0.717, 1.165) is 12.5 Å². The first kappa shape index (κ1) is 12.4. The standard InChI is InChI=1S/C7H19O3PSi/c1-11(8,9)10-6-5-7-12(2,3)4/h5-7H2,1-4H3,(H,8,9). The average Bonchev–Trinajstić information content (AvgIpc) is 1.76. The lowest BCUT2D eigenvalue weighted by molar-refractivity contribution is 0.264. The second-order valence-electron chi connectivity index (χ2n) is 4.30. The smallest absolute Gasteiger partial charge is 0.324 e. The molecule has 0 saturated heterocycles. The summed E-state index contributed by atoms with van der Waals surface area (Å²) in [6.45, 7) is 8.46. The van der Waals surface area contributed by atoms with Gasteiger partial charge in [0, 0.05) is 14.7 Å². The van der Waals surface area contributed by atoms with Crippen molar-refractivity contribution in [1.29, 1.82) is 0 Å². The molecule has 0 bridgehead atoms. The minimum Gasteiger partial charge on any atom is -0.324 e. The van der Waals surface area contributed by atoms with Gasteiger partial charge in [-0.3, -0.25) is 4.57 Å². The van der Waals surface area contributed by atoms with Crippen LogP contribution in [-0.2, 0) is 9.09 Å². The molecule has 12 heavy (non-hydrogen) atoms. The zero-order chi connectivity index (χ0) is 9.83. The van der Waals surface area contributed by atoms with Crippen LogP contribution in [0.1, 0.15) is 6.42 Å². The predicted molar refractivity (Wildman–Crippen MR) is 54.5 cm³/mol. The number of rotatable bonds is 5. The van der Waals surface area contributed by atoms with Gasteiger partial charge in [-0.15, -0.1) is 0 Å². The maximum absolute atomic E-state index is 10.7. The van der Waals surface area contributed by atoms with Crippen molar-refractivity contribution in [2.24, 2.45) is 0 Å². The third-order valence-corrected chi connectivity index (χ3v) is 3.92. The van der Waals surface area contributed by atoms with Gasteiger partial charge >= 0.3 is 7.60 Å². The lowest BCUT2D eigenvalue weighted by Gasteiger charge is -2.15. The molecule has 1 atom stereocenters. The Hall–Kier alpha value is 0.367. The van der Waals surface area contributed by atoms with Crippen LogP contribution in [0.15, 0.2) is 0 Å². The minimum atomic E-state index is -3.23. The van der Waals surface area contributed by atoms with Gasteiger partial charge in [0.25, 0.3) is 0 Å². The predicted octanol–water partition coefficient (Wildman–Crippen LogP) is 2.55. The molecule has 0 aliphatic rings. The summed E-state index contributed by atoms with van der Waals surface area (Å²) in [6, 6.07) is 1.15. The molecule has 0 aliphatic carbocycles. The van der Waals surface area contributed by atoms with E-state index >= 15 is 0 Å². The first-order chi connectivity index (χ1) is 5.21. The third-order valence-electron chi connectivity index (χ3n) is 1.40. The van der Waals surface area contributed by atoms with Gasteiger partial charge in [-0.2, -0.15) is 0 Å². The second-order valence-corrected chi connectivity index (χ2v) is 11.8. The molecule has 74 valence electrons. The summed E-state index contributed by atoms with van der Waals surface area (Å²) in [5, 5.41) is 0. The van der Waals surface area contributed by atoms with Crippen molar-refractivity contribution in [3.8, 4) is 0 Å². The van der Waals surface area contributed by atoms with Crippen LogP contribution in [0.4, 0.5) is 0 Å². The second kappa shape index (κ2) is 4.56. The molecule has 5 heteroatoms. The Balaban J connectivity index is 3.41. The van der Waals surface area contributed by atoms with E-state index in [0.29, 0.717) is 6.61 Å². The molecule has 0 aliphatic heterocycles. The number of hydrogen-bond acceptors (Lipinski definition) is 2. The Morgan fingerprint density at radius 1 is 1.42 bits per heavy atom. The maximum Gasteiger partial charge on any atom is 0.325 e. The monoisotopic (exact) mass is 210 g/mol. The summed E-state index contributed by atoms with van der Waals surface area (Å²) < 4.78 is 15.4. The van der Waals surface area contributed by atoms with Crippen molar-refractivity contribution >= 4 is 15.7 Å². The van der Waals surface area contributed by atoms with E-state index in [9.17, 15) is 4.57 Å². The zero-order valence-corrected chi connectivity index (χ0v) is 10.2. The average molecular weight is 210 g/mol. The van der Waals surface area contributed by atoms with E-state index in [-0.39, 0.29) is 0 Å². The van der Waals surface area contributed by atoms with Crippen molar-refractivity contribution in [3.05, 3.63) is 0 Å². The molecule has 0 aromatic rings. The summed E-state index contributed by atoms with van der Waals surface area (Å²) in [6.07, 6.45) is 0.897. The van der Waals surface area contributed by atoms with Gasteiger partial charge in [0.15, 0.2) is 0 Å². The fourth-order valence-corrected chi connectivity index (χ4v) is 2.51. The molecule has 0 aromatic carbocycles. The van der Waals surface area contributed by atoms with E-state index in [1.54, 1.807) is 0 Å². The molecule has 0 radical (unpaired) electrons. The Labute approximate surface area is 75.7 Å². The molecular formula is C7H19O3PSi. The highest BCUT2D eigenvalue weighted by molar-refractivity contribution is 7.51. The van der Waals surface area contributed by atoms with Crippen LogP contribution in [0.5, 0.6) is 0 Å².